The Hall–Kier alpha value is -1.64. The Morgan fingerprint density at radius 3 is 2.29 bits per heavy atom. The van der Waals surface area contributed by atoms with Gasteiger partial charge in [-0.25, -0.2) is 0 Å². The third-order valence-electron chi connectivity index (χ3n) is 5.76. The third-order valence-corrected chi connectivity index (χ3v) is 5.76. The lowest BCUT2D eigenvalue weighted by atomic mass is 10.0. The largest absolute Gasteiger partial charge is 0.372 e. The van der Waals surface area contributed by atoms with Gasteiger partial charge in [-0.2, -0.15) is 0 Å². The molecular weight excluding hydrogens is 499 g/mol. The standard InChI is InChI=1S/C25H36N4O.HI/c1-20(2)29-15-13-24(14-16-29)28-25(26-3)27-17-22-11-7-8-12-23(22)19-30-18-21-9-5-4-6-10-21;/h4-12,20,24H,13-19H2,1-3H3,(H2,26,27,28);1H. The number of halogens is 1. The van der Waals surface area contributed by atoms with Crippen LogP contribution in [-0.2, 0) is 24.5 Å². The molecular formula is C25H37IN4O. The third kappa shape index (κ3) is 8.43. The predicted molar refractivity (Wildman–Crippen MR) is 140 cm³/mol. The molecule has 2 aromatic rings. The average molecular weight is 537 g/mol. The lowest BCUT2D eigenvalue weighted by Crippen LogP contribution is -2.49. The van der Waals surface area contributed by atoms with E-state index >= 15 is 0 Å². The molecule has 31 heavy (non-hydrogen) atoms. The minimum absolute atomic E-state index is 0. The SMILES string of the molecule is CN=C(NCc1ccccc1COCc1ccccc1)NC1CCN(C(C)C)CC1.I. The average Bonchev–Trinajstić information content (AvgIpc) is 2.78. The number of ether oxygens (including phenoxy) is 1. The van der Waals surface area contributed by atoms with Gasteiger partial charge in [0.2, 0.25) is 0 Å². The van der Waals surface area contributed by atoms with Gasteiger partial charge in [0.1, 0.15) is 0 Å². The Morgan fingerprint density at radius 2 is 1.65 bits per heavy atom. The van der Waals surface area contributed by atoms with Crippen molar-refractivity contribution >= 4 is 29.9 Å². The lowest BCUT2D eigenvalue weighted by Gasteiger charge is -2.35. The van der Waals surface area contributed by atoms with Crippen molar-refractivity contribution in [2.45, 2.75) is 58.5 Å². The molecule has 2 N–H and O–H groups in total. The molecule has 0 radical (unpaired) electrons. The molecule has 0 unspecified atom stereocenters. The highest BCUT2D eigenvalue weighted by Gasteiger charge is 2.21. The minimum Gasteiger partial charge on any atom is -0.372 e. The second-order valence-corrected chi connectivity index (χ2v) is 8.22. The number of nitrogens with one attached hydrogen (secondary N) is 2. The second-order valence-electron chi connectivity index (χ2n) is 8.22. The van der Waals surface area contributed by atoms with Crippen LogP contribution in [0.15, 0.2) is 59.6 Å². The number of hydrogen-bond acceptors (Lipinski definition) is 3. The summed E-state index contributed by atoms with van der Waals surface area (Å²) in [6.07, 6.45) is 2.31. The zero-order valence-electron chi connectivity index (χ0n) is 19.0. The summed E-state index contributed by atoms with van der Waals surface area (Å²) in [5, 5.41) is 7.09. The molecule has 0 aliphatic carbocycles. The highest BCUT2D eigenvalue weighted by Crippen LogP contribution is 2.14. The van der Waals surface area contributed by atoms with E-state index in [1.54, 1.807) is 0 Å². The maximum absolute atomic E-state index is 5.95. The van der Waals surface area contributed by atoms with Gasteiger partial charge in [0.05, 0.1) is 13.2 Å². The maximum Gasteiger partial charge on any atom is 0.191 e. The fraction of sp³-hybridized carbons (Fsp3) is 0.480. The van der Waals surface area contributed by atoms with Crippen LogP contribution in [0.1, 0.15) is 43.4 Å². The molecule has 0 saturated carbocycles. The van der Waals surface area contributed by atoms with Crippen molar-refractivity contribution in [3.8, 4) is 0 Å². The van der Waals surface area contributed by atoms with E-state index < -0.39 is 0 Å². The monoisotopic (exact) mass is 536 g/mol. The van der Waals surface area contributed by atoms with Crippen LogP contribution in [0.3, 0.4) is 0 Å². The van der Waals surface area contributed by atoms with Crippen molar-refractivity contribution in [2.75, 3.05) is 20.1 Å². The van der Waals surface area contributed by atoms with Crippen LogP contribution in [-0.4, -0.2) is 43.1 Å². The Balaban J connectivity index is 0.00000341. The van der Waals surface area contributed by atoms with Gasteiger partial charge in [-0.1, -0.05) is 54.6 Å². The van der Waals surface area contributed by atoms with Crippen LogP contribution >= 0.6 is 24.0 Å². The molecule has 1 fully saturated rings. The maximum atomic E-state index is 5.95. The van der Waals surface area contributed by atoms with Crippen molar-refractivity contribution in [2.24, 2.45) is 4.99 Å². The van der Waals surface area contributed by atoms with E-state index in [4.69, 9.17) is 4.74 Å². The first kappa shape index (κ1) is 25.6. The Morgan fingerprint density at radius 1 is 1.00 bits per heavy atom. The molecule has 1 aliphatic rings. The zero-order valence-corrected chi connectivity index (χ0v) is 21.3. The van der Waals surface area contributed by atoms with Crippen molar-refractivity contribution in [3.05, 3.63) is 71.3 Å². The molecule has 170 valence electrons. The zero-order chi connectivity index (χ0) is 21.2. The second kappa shape index (κ2) is 13.7. The number of hydrogen-bond donors (Lipinski definition) is 2. The summed E-state index contributed by atoms with van der Waals surface area (Å²) >= 11 is 0. The topological polar surface area (TPSA) is 48.9 Å². The number of guanidine groups is 1. The van der Waals surface area contributed by atoms with E-state index in [9.17, 15) is 0 Å². The Kier molecular flexibility index (Phi) is 11.3. The van der Waals surface area contributed by atoms with Crippen LogP contribution in [0.25, 0.3) is 0 Å². The lowest BCUT2D eigenvalue weighted by molar-refractivity contribution is 0.106. The molecule has 6 heteroatoms. The van der Waals surface area contributed by atoms with Crippen LogP contribution in [0.2, 0.25) is 0 Å². The van der Waals surface area contributed by atoms with Gasteiger partial charge in [-0.3, -0.25) is 4.99 Å². The molecule has 0 atom stereocenters. The fourth-order valence-corrected chi connectivity index (χ4v) is 3.85. The van der Waals surface area contributed by atoms with Gasteiger partial charge in [0.15, 0.2) is 5.96 Å². The predicted octanol–water partition coefficient (Wildman–Crippen LogP) is 4.56. The number of aliphatic imine (C=N–C) groups is 1. The number of rotatable bonds is 8. The van der Waals surface area contributed by atoms with Crippen LogP contribution < -0.4 is 10.6 Å². The van der Waals surface area contributed by atoms with Crippen LogP contribution in [0.4, 0.5) is 0 Å². The first-order valence-electron chi connectivity index (χ1n) is 11.1. The number of likely N-dealkylation sites (tertiary alicyclic amines) is 1. The molecule has 0 spiro atoms. The summed E-state index contributed by atoms with van der Waals surface area (Å²) in [4.78, 5) is 6.97. The first-order chi connectivity index (χ1) is 14.7. The highest BCUT2D eigenvalue weighted by atomic mass is 127. The van der Waals surface area contributed by atoms with Crippen LogP contribution in [0, 0.1) is 0 Å². The molecule has 1 saturated heterocycles. The van der Waals surface area contributed by atoms with Crippen molar-refractivity contribution in [1.82, 2.24) is 15.5 Å². The van der Waals surface area contributed by atoms with Gasteiger partial charge >= 0.3 is 0 Å². The van der Waals surface area contributed by atoms with E-state index in [2.05, 4.69) is 70.8 Å². The molecule has 1 heterocycles. The molecule has 3 rings (SSSR count). The number of piperidine rings is 1. The number of benzene rings is 2. The fourth-order valence-electron chi connectivity index (χ4n) is 3.85. The van der Waals surface area contributed by atoms with E-state index in [-0.39, 0.29) is 24.0 Å². The van der Waals surface area contributed by atoms with E-state index in [0.717, 1.165) is 38.4 Å². The van der Waals surface area contributed by atoms with Crippen LogP contribution in [0.5, 0.6) is 0 Å². The van der Waals surface area contributed by atoms with Gasteiger partial charge in [-0.05, 0) is 43.4 Å². The van der Waals surface area contributed by atoms with Gasteiger partial charge in [-0.15, -0.1) is 24.0 Å². The van der Waals surface area contributed by atoms with Crippen molar-refractivity contribution in [3.63, 3.8) is 0 Å². The molecule has 0 aromatic heterocycles. The summed E-state index contributed by atoms with van der Waals surface area (Å²) in [7, 11) is 1.84. The molecule has 1 aliphatic heterocycles. The van der Waals surface area contributed by atoms with Gasteiger partial charge in [0, 0.05) is 38.8 Å². The Labute approximate surface area is 204 Å². The summed E-state index contributed by atoms with van der Waals surface area (Å²) in [6.45, 7) is 8.80. The van der Waals surface area contributed by atoms with E-state index in [1.807, 2.05) is 25.2 Å². The quantitative estimate of drug-likeness (QED) is 0.295. The van der Waals surface area contributed by atoms with E-state index in [1.165, 1.54) is 16.7 Å². The van der Waals surface area contributed by atoms with Gasteiger partial charge in [0.25, 0.3) is 0 Å². The smallest absolute Gasteiger partial charge is 0.191 e. The highest BCUT2D eigenvalue weighted by molar-refractivity contribution is 14.0. The molecule has 2 aromatic carbocycles. The molecule has 0 bridgehead atoms. The summed E-state index contributed by atoms with van der Waals surface area (Å²) < 4.78 is 5.95. The van der Waals surface area contributed by atoms with Crippen molar-refractivity contribution in [1.29, 1.82) is 0 Å². The first-order valence-corrected chi connectivity index (χ1v) is 11.1. The Bertz CT molecular complexity index is 789. The van der Waals surface area contributed by atoms with Gasteiger partial charge < -0.3 is 20.3 Å². The summed E-state index contributed by atoms with van der Waals surface area (Å²) in [6, 6.07) is 19.9. The minimum atomic E-state index is 0. The van der Waals surface area contributed by atoms with E-state index in [0.29, 0.717) is 25.3 Å². The molecule has 5 nitrogen and oxygen atoms in total. The van der Waals surface area contributed by atoms with Crippen molar-refractivity contribution < 1.29 is 4.74 Å². The normalized spacial score (nSPS) is 15.5. The summed E-state index contributed by atoms with van der Waals surface area (Å²) in [5.41, 5.74) is 3.64. The number of nitrogens with zero attached hydrogens (tertiary/aromatic N) is 2. The molecule has 0 amide bonds. The summed E-state index contributed by atoms with van der Waals surface area (Å²) in [5.74, 6) is 0.873.